The van der Waals surface area contributed by atoms with Crippen LogP contribution in [0.5, 0.6) is 0 Å². The van der Waals surface area contributed by atoms with Crippen molar-refractivity contribution >= 4 is 28.8 Å². The quantitative estimate of drug-likeness (QED) is 0.423. The van der Waals surface area contributed by atoms with Crippen molar-refractivity contribution in [2.45, 2.75) is 38.1 Å². The van der Waals surface area contributed by atoms with Gasteiger partial charge in [-0.1, -0.05) is 0 Å². The van der Waals surface area contributed by atoms with E-state index in [0.717, 1.165) is 18.5 Å². The Hall–Kier alpha value is -4.19. The molecule has 184 valence electrons. The number of pyridine rings is 2. The van der Waals surface area contributed by atoms with E-state index >= 15 is 0 Å². The highest BCUT2D eigenvalue weighted by Gasteiger charge is 2.50. The fraction of sp³-hybridized carbons (Fsp3) is 0.375. The van der Waals surface area contributed by atoms with Crippen molar-refractivity contribution in [1.29, 1.82) is 0 Å². The molecule has 1 spiro atoms. The predicted octanol–water partition coefficient (Wildman–Crippen LogP) is 2.05. The van der Waals surface area contributed by atoms with Crippen LogP contribution in [-0.2, 0) is 11.8 Å². The molecule has 1 aliphatic heterocycles. The van der Waals surface area contributed by atoms with E-state index in [1.807, 2.05) is 6.07 Å². The van der Waals surface area contributed by atoms with Gasteiger partial charge in [-0.3, -0.25) is 23.9 Å². The summed E-state index contributed by atoms with van der Waals surface area (Å²) >= 11 is 0. The van der Waals surface area contributed by atoms with E-state index in [1.54, 1.807) is 49.1 Å². The molecule has 1 saturated carbocycles. The van der Waals surface area contributed by atoms with Crippen molar-refractivity contribution in [3.63, 3.8) is 0 Å². The summed E-state index contributed by atoms with van der Waals surface area (Å²) in [7, 11) is 1.75. The lowest BCUT2D eigenvalue weighted by Crippen LogP contribution is -2.38. The Morgan fingerprint density at radius 2 is 1.97 bits per heavy atom. The second kappa shape index (κ2) is 8.48. The molecule has 1 saturated heterocycles. The molecule has 4 aromatic heterocycles. The molecule has 36 heavy (non-hydrogen) atoms. The van der Waals surface area contributed by atoms with Gasteiger partial charge in [0.15, 0.2) is 5.65 Å². The largest absolute Gasteiger partial charge is 0.324 e. The smallest absolute Gasteiger partial charge is 0.294 e. The fourth-order valence-corrected chi connectivity index (χ4v) is 4.91. The number of nitrogens with one attached hydrogen (secondary N) is 2. The Labute approximate surface area is 206 Å². The molecule has 2 N–H and O–H groups in total. The summed E-state index contributed by atoms with van der Waals surface area (Å²) in [5.74, 6) is -0.377. The maximum atomic E-state index is 13.1. The minimum atomic E-state index is -0.434. The molecule has 0 atom stereocenters. The van der Waals surface area contributed by atoms with E-state index in [0.29, 0.717) is 35.0 Å². The molecule has 2 fully saturated rings. The number of likely N-dealkylation sites (tertiary alicyclic amines) is 1. The molecule has 12 nitrogen and oxygen atoms in total. The fourth-order valence-electron chi connectivity index (χ4n) is 4.91. The van der Waals surface area contributed by atoms with Crippen LogP contribution in [0.1, 0.15) is 42.0 Å². The predicted molar refractivity (Wildman–Crippen MR) is 131 cm³/mol. The van der Waals surface area contributed by atoms with Gasteiger partial charge in [0.2, 0.25) is 11.7 Å². The van der Waals surface area contributed by atoms with Crippen LogP contribution >= 0.6 is 0 Å². The van der Waals surface area contributed by atoms with Crippen LogP contribution in [-0.4, -0.2) is 69.9 Å². The summed E-state index contributed by atoms with van der Waals surface area (Å²) in [5, 5.41) is 22.4. The lowest BCUT2D eigenvalue weighted by molar-refractivity contribution is -0.117. The molecule has 12 heteroatoms. The minimum Gasteiger partial charge on any atom is -0.324 e. The summed E-state index contributed by atoms with van der Waals surface area (Å²) in [5.41, 5.74) is 3.94. The van der Waals surface area contributed by atoms with Gasteiger partial charge in [0.25, 0.3) is 5.91 Å². The summed E-state index contributed by atoms with van der Waals surface area (Å²) in [4.78, 5) is 33.8. The lowest BCUT2D eigenvalue weighted by atomic mass is 10.2. The molecule has 2 amide bonds. The zero-order valence-corrected chi connectivity index (χ0v) is 20.1. The minimum absolute atomic E-state index is 0.0755. The van der Waals surface area contributed by atoms with Gasteiger partial charge in [-0.25, -0.2) is 0 Å². The lowest BCUT2D eigenvalue weighted by Gasteiger charge is -2.23. The first-order valence-electron chi connectivity index (χ1n) is 11.9. The van der Waals surface area contributed by atoms with Gasteiger partial charge in [0.05, 0.1) is 36.0 Å². The molecule has 0 aromatic carbocycles. The topological polar surface area (TPSA) is 135 Å². The van der Waals surface area contributed by atoms with Crippen molar-refractivity contribution in [1.82, 2.24) is 39.5 Å². The van der Waals surface area contributed by atoms with E-state index in [-0.39, 0.29) is 17.3 Å². The maximum Gasteiger partial charge on any atom is 0.294 e. The van der Waals surface area contributed by atoms with Crippen LogP contribution in [0.25, 0.3) is 16.9 Å². The highest BCUT2D eigenvalue weighted by molar-refractivity contribution is 6.03. The molecule has 1 aliphatic carbocycles. The van der Waals surface area contributed by atoms with E-state index in [9.17, 15) is 9.59 Å². The van der Waals surface area contributed by atoms with Crippen molar-refractivity contribution in [3.8, 4) is 11.3 Å². The van der Waals surface area contributed by atoms with E-state index < -0.39 is 5.91 Å². The summed E-state index contributed by atoms with van der Waals surface area (Å²) < 4.78 is 1.60. The van der Waals surface area contributed by atoms with Gasteiger partial charge >= 0.3 is 0 Å². The number of anilines is 2. The SMILES string of the molecule is Cc1ncc(NC(=O)CN2CCCC23CC3)cc1NC(=O)c1nnc2cc(-c3cnn(C)n3)ccn12. The second-order valence-corrected chi connectivity index (χ2v) is 9.50. The Bertz CT molecular complexity index is 1490. The zero-order valence-electron chi connectivity index (χ0n) is 20.1. The first-order valence-corrected chi connectivity index (χ1v) is 11.9. The zero-order chi connectivity index (χ0) is 24.9. The number of carbonyl (C=O) groups is 2. The summed E-state index contributed by atoms with van der Waals surface area (Å²) in [6.45, 7) is 3.13. The molecular weight excluding hydrogens is 460 g/mol. The summed E-state index contributed by atoms with van der Waals surface area (Å²) in [6, 6.07) is 5.33. The van der Waals surface area contributed by atoms with Crippen molar-refractivity contribution in [2.75, 3.05) is 23.7 Å². The van der Waals surface area contributed by atoms with Gasteiger partial charge in [-0.15, -0.1) is 10.2 Å². The third kappa shape index (κ3) is 4.09. The van der Waals surface area contributed by atoms with Gasteiger partial charge in [-0.2, -0.15) is 15.0 Å². The van der Waals surface area contributed by atoms with Crippen molar-refractivity contribution < 1.29 is 9.59 Å². The third-order valence-electron chi connectivity index (χ3n) is 7.03. The van der Waals surface area contributed by atoms with Crippen LogP contribution in [0, 0.1) is 6.92 Å². The number of aromatic nitrogens is 7. The first-order chi connectivity index (χ1) is 17.4. The number of aryl methyl sites for hydroxylation is 2. The number of nitrogens with zero attached hydrogens (tertiary/aromatic N) is 8. The third-order valence-corrected chi connectivity index (χ3v) is 7.03. The van der Waals surface area contributed by atoms with Gasteiger partial charge < -0.3 is 10.6 Å². The van der Waals surface area contributed by atoms with E-state index in [4.69, 9.17) is 0 Å². The Balaban J connectivity index is 1.16. The van der Waals surface area contributed by atoms with Crippen LogP contribution in [0.4, 0.5) is 11.4 Å². The number of rotatable bonds is 6. The average molecular weight is 487 g/mol. The monoisotopic (exact) mass is 486 g/mol. The van der Waals surface area contributed by atoms with Gasteiger partial charge in [0.1, 0.15) is 5.69 Å². The molecular formula is C24H26N10O2. The Morgan fingerprint density at radius 1 is 1.11 bits per heavy atom. The standard InChI is InChI=1S/C24H26N10O2/c1-15-18(11-17(12-25-15)27-21(35)14-33-8-3-5-24(33)6-7-24)28-23(36)22-30-29-20-10-16(4-9-34(20)22)19-13-26-32(2)31-19/h4,9-13H,3,5-8,14H2,1-2H3,(H,27,35)(H,28,36). The molecule has 2 aliphatic rings. The maximum absolute atomic E-state index is 13.1. The number of fused-ring (bicyclic) bond motifs is 1. The molecule has 0 bridgehead atoms. The highest BCUT2D eigenvalue weighted by atomic mass is 16.2. The highest BCUT2D eigenvalue weighted by Crippen LogP contribution is 2.49. The number of hydrogen-bond acceptors (Lipinski definition) is 8. The number of carbonyl (C=O) groups excluding carboxylic acids is 2. The van der Waals surface area contributed by atoms with Crippen LogP contribution in [0.3, 0.4) is 0 Å². The van der Waals surface area contributed by atoms with E-state index in [1.165, 1.54) is 24.1 Å². The molecule has 6 rings (SSSR count). The van der Waals surface area contributed by atoms with Crippen LogP contribution in [0.15, 0.2) is 36.8 Å². The molecule has 5 heterocycles. The van der Waals surface area contributed by atoms with E-state index in [2.05, 4.69) is 40.9 Å². The van der Waals surface area contributed by atoms with Crippen molar-refractivity contribution in [2.24, 2.45) is 7.05 Å². The van der Waals surface area contributed by atoms with Crippen LogP contribution < -0.4 is 10.6 Å². The Kier molecular flexibility index (Phi) is 5.25. The van der Waals surface area contributed by atoms with Gasteiger partial charge in [0, 0.05) is 24.3 Å². The normalized spacial score (nSPS) is 16.5. The van der Waals surface area contributed by atoms with Crippen molar-refractivity contribution in [3.05, 3.63) is 48.3 Å². The van der Waals surface area contributed by atoms with Gasteiger partial charge in [-0.05, 0) is 57.4 Å². The van der Waals surface area contributed by atoms with Crippen LogP contribution in [0.2, 0.25) is 0 Å². The second-order valence-electron chi connectivity index (χ2n) is 9.50. The number of amides is 2. The Morgan fingerprint density at radius 3 is 2.75 bits per heavy atom. The molecule has 0 radical (unpaired) electrons. The summed E-state index contributed by atoms with van der Waals surface area (Å²) in [6.07, 6.45) is 9.67. The molecule has 4 aromatic rings. The number of hydrogen-bond donors (Lipinski definition) is 2. The first kappa shape index (κ1) is 22.3. The average Bonchev–Trinajstić information content (AvgIpc) is 3.15. The molecule has 0 unspecified atom stereocenters.